The molecule has 4 rings (SSSR count). The number of carbonyl (C=O) groups is 1. The summed E-state index contributed by atoms with van der Waals surface area (Å²) in [6.07, 6.45) is 0.659. The lowest BCUT2D eigenvalue weighted by Gasteiger charge is -2.18. The molecule has 22 heavy (non-hydrogen) atoms. The Morgan fingerprint density at radius 3 is 3.00 bits per heavy atom. The number of pyridine rings is 1. The number of H-pyrrole nitrogens is 1. The van der Waals surface area contributed by atoms with Crippen molar-refractivity contribution in [1.29, 1.82) is 0 Å². The second-order valence-corrected chi connectivity index (χ2v) is 5.31. The van der Waals surface area contributed by atoms with Crippen LogP contribution in [0.1, 0.15) is 34.7 Å². The molecule has 0 saturated carbocycles. The zero-order valence-corrected chi connectivity index (χ0v) is 11.5. The fourth-order valence-corrected chi connectivity index (χ4v) is 3.08. The molecule has 0 fully saturated rings. The van der Waals surface area contributed by atoms with Gasteiger partial charge in [-0.05, 0) is 29.5 Å². The summed E-state index contributed by atoms with van der Waals surface area (Å²) in [6.45, 7) is 1.88. The molecule has 3 aromatic rings. The van der Waals surface area contributed by atoms with Crippen molar-refractivity contribution in [2.45, 2.75) is 19.4 Å². The van der Waals surface area contributed by atoms with Crippen LogP contribution in [0.5, 0.6) is 5.75 Å². The molecule has 0 saturated heterocycles. The van der Waals surface area contributed by atoms with Gasteiger partial charge in [0.25, 0.3) is 5.56 Å². The highest BCUT2D eigenvalue weighted by Gasteiger charge is 2.28. The van der Waals surface area contributed by atoms with Crippen LogP contribution in [0.4, 0.5) is 0 Å². The van der Waals surface area contributed by atoms with Gasteiger partial charge in [0, 0.05) is 6.04 Å². The predicted molar refractivity (Wildman–Crippen MR) is 73.7 cm³/mol. The molecule has 2 aromatic heterocycles. The monoisotopic (exact) mass is 296 g/mol. The van der Waals surface area contributed by atoms with Gasteiger partial charge in [-0.2, -0.15) is 5.21 Å². The van der Waals surface area contributed by atoms with E-state index in [0.717, 1.165) is 5.56 Å². The Morgan fingerprint density at radius 2 is 2.27 bits per heavy atom. The van der Waals surface area contributed by atoms with Crippen molar-refractivity contribution >= 4 is 16.7 Å². The molecule has 0 amide bonds. The molecule has 1 aliphatic rings. The van der Waals surface area contributed by atoms with Gasteiger partial charge in [-0.15, -0.1) is 10.2 Å². The van der Waals surface area contributed by atoms with E-state index >= 15 is 0 Å². The highest BCUT2D eigenvalue weighted by atomic mass is 16.3. The summed E-state index contributed by atoms with van der Waals surface area (Å²) in [4.78, 5) is 25.1. The minimum absolute atomic E-state index is 0.107. The topological polar surface area (TPSA) is 117 Å². The van der Waals surface area contributed by atoms with Gasteiger partial charge in [-0.25, -0.2) is 0 Å². The van der Waals surface area contributed by atoms with Gasteiger partial charge in [0.15, 0.2) is 0 Å². The first kappa shape index (κ1) is 12.7. The molecule has 3 heterocycles. The molecule has 1 aliphatic heterocycles. The van der Waals surface area contributed by atoms with Gasteiger partial charge in [0.05, 0.1) is 11.1 Å². The Bertz CT molecular complexity index is 974. The standard InChI is InChI=1S/C14H11N5O3/c1-6-5-7-3-2-4-8-10(7)19(6)14(22)9(11(8)20)12(21)13-15-17-18-16-13/h2-4,6,20H,5H2,1H3,(H,15,16,17,18)/p-1/t6-/m0/s1. The third kappa shape index (κ3) is 1.49. The minimum Gasteiger partial charge on any atom is -0.871 e. The van der Waals surface area contributed by atoms with Crippen LogP contribution < -0.4 is 10.7 Å². The van der Waals surface area contributed by atoms with Crippen molar-refractivity contribution < 1.29 is 9.90 Å². The number of ketones is 1. The summed E-state index contributed by atoms with van der Waals surface area (Å²) in [5.41, 5.74) is 0.539. The summed E-state index contributed by atoms with van der Waals surface area (Å²) in [6, 6.07) is 5.17. The number of para-hydroxylation sites is 1. The maximum atomic E-state index is 12.7. The predicted octanol–water partition coefficient (Wildman–Crippen LogP) is -0.0637. The molecule has 0 unspecified atom stereocenters. The highest BCUT2D eigenvalue weighted by Crippen LogP contribution is 2.35. The van der Waals surface area contributed by atoms with E-state index in [9.17, 15) is 14.7 Å². The maximum absolute atomic E-state index is 12.7. The van der Waals surface area contributed by atoms with Gasteiger partial charge in [0.1, 0.15) is 0 Å². The van der Waals surface area contributed by atoms with E-state index in [2.05, 4.69) is 20.6 Å². The van der Waals surface area contributed by atoms with Gasteiger partial charge in [-0.3, -0.25) is 9.59 Å². The Balaban J connectivity index is 2.11. The van der Waals surface area contributed by atoms with E-state index in [1.54, 1.807) is 12.1 Å². The van der Waals surface area contributed by atoms with Crippen molar-refractivity contribution in [2.75, 3.05) is 0 Å². The molecule has 8 heteroatoms. The number of tetrazole rings is 1. The Hall–Kier alpha value is -3.03. The third-order valence-electron chi connectivity index (χ3n) is 4.00. The fraction of sp³-hybridized carbons (Fsp3) is 0.214. The molecule has 0 aliphatic carbocycles. The van der Waals surface area contributed by atoms with Crippen molar-refractivity contribution in [3.63, 3.8) is 0 Å². The number of benzene rings is 1. The second-order valence-electron chi connectivity index (χ2n) is 5.31. The number of nitrogens with one attached hydrogen (secondary N) is 1. The van der Waals surface area contributed by atoms with Crippen LogP contribution in [0.2, 0.25) is 0 Å². The van der Waals surface area contributed by atoms with Crippen molar-refractivity contribution in [1.82, 2.24) is 25.2 Å². The lowest BCUT2D eigenvalue weighted by atomic mass is 10.0. The van der Waals surface area contributed by atoms with Crippen LogP contribution >= 0.6 is 0 Å². The maximum Gasteiger partial charge on any atom is 0.262 e. The number of carbonyl (C=O) groups excluding carboxylic acids is 1. The molecule has 1 atom stereocenters. The summed E-state index contributed by atoms with van der Waals surface area (Å²) in [5, 5.41) is 25.5. The minimum atomic E-state index is -0.807. The smallest absolute Gasteiger partial charge is 0.262 e. The van der Waals surface area contributed by atoms with E-state index in [1.807, 2.05) is 13.0 Å². The van der Waals surface area contributed by atoms with Crippen LogP contribution in [-0.2, 0) is 6.42 Å². The number of hydrogen-bond acceptors (Lipinski definition) is 6. The molecule has 0 spiro atoms. The van der Waals surface area contributed by atoms with Gasteiger partial charge >= 0.3 is 0 Å². The number of aromatic nitrogens is 5. The van der Waals surface area contributed by atoms with Crippen LogP contribution in [0, 0.1) is 0 Å². The number of hydrogen-bond donors (Lipinski definition) is 1. The zero-order chi connectivity index (χ0) is 15.4. The van der Waals surface area contributed by atoms with Crippen molar-refractivity contribution in [2.24, 2.45) is 0 Å². The fourth-order valence-electron chi connectivity index (χ4n) is 3.08. The summed E-state index contributed by atoms with van der Waals surface area (Å²) >= 11 is 0. The first-order valence-electron chi connectivity index (χ1n) is 6.75. The lowest BCUT2D eigenvalue weighted by Crippen LogP contribution is -2.29. The zero-order valence-electron chi connectivity index (χ0n) is 11.5. The largest absolute Gasteiger partial charge is 0.871 e. The number of nitrogens with zero attached hydrogens (tertiary/aromatic N) is 4. The summed E-state index contributed by atoms with van der Waals surface area (Å²) < 4.78 is 1.51. The SMILES string of the molecule is C[C@H]1Cc2cccc3c([O-])c(C(=O)c4nn[nH]n4)c(=O)n1c23. The Kier molecular flexibility index (Phi) is 2.44. The van der Waals surface area contributed by atoms with Gasteiger partial charge < -0.3 is 9.67 Å². The molecule has 0 radical (unpaired) electrons. The molecule has 1 N–H and O–H groups in total. The van der Waals surface area contributed by atoms with Gasteiger partial charge in [0.2, 0.25) is 11.6 Å². The number of rotatable bonds is 2. The lowest BCUT2D eigenvalue weighted by molar-refractivity contribution is -0.266. The average Bonchev–Trinajstić information content (AvgIpc) is 3.12. The second kappa shape index (κ2) is 4.23. The Morgan fingerprint density at radius 1 is 1.45 bits per heavy atom. The first-order chi connectivity index (χ1) is 10.6. The van der Waals surface area contributed by atoms with Crippen LogP contribution in [-0.4, -0.2) is 31.0 Å². The molecule has 110 valence electrons. The number of aromatic amines is 1. The molecular formula is C14H10N5O3-. The molecule has 8 nitrogen and oxygen atoms in total. The van der Waals surface area contributed by atoms with E-state index < -0.39 is 22.7 Å². The normalized spacial score (nSPS) is 16.3. The van der Waals surface area contributed by atoms with Crippen LogP contribution in [0.25, 0.3) is 10.9 Å². The summed E-state index contributed by atoms with van der Waals surface area (Å²) in [5.74, 6) is -1.68. The van der Waals surface area contributed by atoms with E-state index in [4.69, 9.17) is 0 Å². The molecule has 0 bridgehead atoms. The quantitative estimate of drug-likeness (QED) is 0.662. The Labute approximate surface area is 123 Å². The molecule has 1 aromatic carbocycles. The van der Waals surface area contributed by atoms with E-state index in [-0.39, 0.29) is 11.9 Å². The third-order valence-corrected chi connectivity index (χ3v) is 4.00. The van der Waals surface area contributed by atoms with Crippen molar-refractivity contribution in [3.8, 4) is 5.75 Å². The van der Waals surface area contributed by atoms with Gasteiger partial charge in [-0.1, -0.05) is 23.9 Å². The molecular weight excluding hydrogens is 286 g/mol. The summed E-state index contributed by atoms with van der Waals surface area (Å²) in [7, 11) is 0. The van der Waals surface area contributed by atoms with Crippen LogP contribution in [0.15, 0.2) is 23.0 Å². The van der Waals surface area contributed by atoms with Crippen LogP contribution in [0.3, 0.4) is 0 Å². The van der Waals surface area contributed by atoms with E-state index in [0.29, 0.717) is 17.3 Å². The van der Waals surface area contributed by atoms with E-state index in [1.165, 1.54) is 4.57 Å². The average molecular weight is 296 g/mol. The van der Waals surface area contributed by atoms with Crippen molar-refractivity contribution in [3.05, 3.63) is 45.5 Å². The first-order valence-corrected chi connectivity index (χ1v) is 6.75. The highest BCUT2D eigenvalue weighted by molar-refractivity contribution is 6.11.